The molecule has 0 rings (SSSR count). The number of carbonyl (C=O) groups is 1. The maximum absolute atomic E-state index is 10.2. The molecule has 0 aromatic heterocycles. The van der Waals surface area contributed by atoms with E-state index in [9.17, 15) is 4.79 Å². The van der Waals surface area contributed by atoms with Crippen LogP contribution in [0.5, 0.6) is 0 Å². The molecule has 0 aliphatic heterocycles. The highest BCUT2D eigenvalue weighted by Crippen LogP contribution is 2.04. The van der Waals surface area contributed by atoms with Gasteiger partial charge in [0.05, 0.1) is 0 Å². The van der Waals surface area contributed by atoms with E-state index in [0.717, 1.165) is 18.4 Å². The summed E-state index contributed by atoms with van der Waals surface area (Å²) in [5.41, 5.74) is 6.01. The smallest absolute Gasteiger partial charge is 0.217 e. The maximum atomic E-state index is 10.2. The summed E-state index contributed by atoms with van der Waals surface area (Å²) < 4.78 is 0. The van der Waals surface area contributed by atoms with Crippen LogP contribution >= 0.6 is 0 Å². The van der Waals surface area contributed by atoms with Crippen LogP contribution in [-0.4, -0.2) is 5.91 Å². The van der Waals surface area contributed by atoms with Gasteiger partial charge in [-0.2, -0.15) is 0 Å². The largest absolute Gasteiger partial charge is 0.370 e. The molecule has 0 unspecified atom stereocenters. The first-order valence-electron chi connectivity index (χ1n) is 3.11. The monoisotopic (exact) mass is 127 g/mol. The molecule has 0 aliphatic carbocycles. The Kier molecular flexibility index (Phi) is 3.76. The molecule has 0 aromatic carbocycles. The molecule has 0 saturated carbocycles. The zero-order valence-corrected chi connectivity index (χ0v) is 5.81. The molecule has 0 radical (unpaired) electrons. The van der Waals surface area contributed by atoms with Gasteiger partial charge >= 0.3 is 0 Å². The van der Waals surface area contributed by atoms with Crippen molar-refractivity contribution in [2.45, 2.75) is 26.2 Å². The van der Waals surface area contributed by atoms with Gasteiger partial charge in [0.15, 0.2) is 0 Å². The minimum atomic E-state index is -0.246. The third-order valence-electron chi connectivity index (χ3n) is 1.22. The molecule has 52 valence electrons. The maximum Gasteiger partial charge on any atom is 0.217 e. The van der Waals surface area contributed by atoms with Crippen molar-refractivity contribution in [2.24, 2.45) is 5.73 Å². The lowest BCUT2D eigenvalue weighted by molar-refractivity contribution is -0.117. The van der Waals surface area contributed by atoms with E-state index in [1.54, 1.807) is 0 Å². The summed E-state index contributed by atoms with van der Waals surface area (Å²) in [4.78, 5) is 10.2. The lowest BCUT2D eigenvalue weighted by atomic mass is 10.1. The molecule has 0 bridgehead atoms. The number of hydrogen-bond donors (Lipinski definition) is 1. The summed E-state index contributed by atoms with van der Waals surface area (Å²) in [5, 5.41) is 0. The molecule has 0 heterocycles. The number of amides is 1. The number of carbonyl (C=O) groups excluding carboxylic acids is 1. The number of primary amides is 1. The van der Waals surface area contributed by atoms with Crippen molar-refractivity contribution in [1.82, 2.24) is 0 Å². The molecule has 0 saturated heterocycles. The first-order valence-corrected chi connectivity index (χ1v) is 3.11. The Morgan fingerprint density at radius 3 is 2.44 bits per heavy atom. The standard InChI is InChI=1S/C7H13NO/c1-3-6(2)4-5-7(8)9/h2-5H2,1H3,(H2,8,9). The zero-order valence-electron chi connectivity index (χ0n) is 5.81. The van der Waals surface area contributed by atoms with Crippen LogP contribution in [0, 0.1) is 0 Å². The Hall–Kier alpha value is -0.790. The molecular formula is C7H13NO. The molecule has 0 spiro atoms. The second kappa shape index (κ2) is 4.13. The second-order valence-electron chi connectivity index (χ2n) is 2.07. The fraction of sp³-hybridized carbons (Fsp3) is 0.571. The van der Waals surface area contributed by atoms with Crippen molar-refractivity contribution in [2.75, 3.05) is 0 Å². The zero-order chi connectivity index (χ0) is 7.28. The Morgan fingerprint density at radius 2 is 2.11 bits per heavy atom. The molecule has 0 aliphatic rings. The molecule has 9 heavy (non-hydrogen) atoms. The van der Waals surface area contributed by atoms with Crippen LogP contribution in [0.1, 0.15) is 26.2 Å². The molecule has 0 atom stereocenters. The Morgan fingerprint density at radius 1 is 1.56 bits per heavy atom. The normalized spacial score (nSPS) is 9.00. The van der Waals surface area contributed by atoms with Gasteiger partial charge in [-0.05, 0) is 12.8 Å². The van der Waals surface area contributed by atoms with Crippen LogP contribution in [0.25, 0.3) is 0 Å². The van der Waals surface area contributed by atoms with E-state index in [2.05, 4.69) is 6.58 Å². The van der Waals surface area contributed by atoms with Crippen LogP contribution in [-0.2, 0) is 4.79 Å². The van der Waals surface area contributed by atoms with Crippen molar-refractivity contribution in [1.29, 1.82) is 0 Å². The van der Waals surface area contributed by atoms with E-state index in [1.807, 2.05) is 6.92 Å². The van der Waals surface area contributed by atoms with E-state index in [0.29, 0.717) is 6.42 Å². The number of hydrogen-bond acceptors (Lipinski definition) is 1. The van der Waals surface area contributed by atoms with Crippen LogP contribution in [0.3, 0.4) is 0 Å². The fourth-order valence-electron chi connectivity index (χ4n) is 0.477. The highest BCUT2D eigenvalue weighted by atomic mass is 16.1. The SMILES string of the molecule is C=C(CC)CCC(N)=O. The van der Waals surface area contributed by atoms with Gasteiger partial charge in [0.2, 0.25) is 5.91 Å². The van der Waals surface area contributed by atoms with Crippen LogP contribution in [0.4, 0.5) is 0 Å². The van der Waals surface area contributed by atoms with Gasteiger partial charge < -0.3 is 5.73 Å². The third-order valence-corrected chi connectivity index (χ3v) is 1.22. The summed E-state index contributed by atoms with van der Waals surface area (Å²) in [6.45, 7) is 5.75. The van der Waals surface area contributed by atoms with E-state index >= 15 is 0 Å². The van der Waals surface area contributed by atoms with E-state index in [-0.39, 0.29) is 5.91 Å². The Labute approximate surface area is 55.7 Å². The average molecular weight is 127 g/mol. The number of allylic oxidation sites excluding steroid dienone is 1. The first-order chi connectivity index (χ1) is 4.16. The predicted octanol–water partition coefficient (Wildman–Crippen LogP) is 1.22. The fourth-order valence-corrected chi connectivity index (χ4v) is 0.477. The van der Waals surface area contributed by atoms with Gasteiger partial charge in [-0.15, -0.1) is 0 Å². The number of nitrogens with two attached hydrogens (primary N) is 1. The van der Waals surface area contributed by atoms with Gasteiger partial charge in [-0.1, -0.05) is 19.1 Å². The summed E-state index contributed by atoms with van der Waals surface area (Å²) in [5.74, 6) is -0.246. The predicted molar refractivity (Wildman–Crippen MR) is 37.9 cm³/mol. The minimum Gasteiger partial charge on any atom is -0.370 e. The van der Waals surface area contributed by atoms with Crippen molar-refractivity contribution >= 4 is 5.91 Å². The van der Waals surface area contributed by atoms with E-state index in [4.69, 9.17) is 5.73 Å². The lowest BCUT2D eigenvalue weighted by Crippen LogP contribution is -2.09. The molecule has 2 N–H and O–H groups in total. The minimum absolute atomic E-state index is 0.246. The topological polar surface area (TPSA) is 43.1 Å². The van der Waals surface area contributed by atoms with E-state index in [1.165, 1.54) is 0 Å². The first kappa shape index (κ1) is 8.21. The summed E-state index contributed by atoms with van der Waals surface area (Å²) in [7, 11) is 0. The second-order valence-corrected chi connectivity index (χ2v) is 2.07. The van der Waals surface area contributed by atoms with Crippen molar-refractivity contribution in [3.05, 3.63) is 12.2 Å². The highest BCUT2D eigenvalue weighted by Gasteiger charge is 1.94. The molecular weight excluding hydrogens is 114 g/mol. The van der Waals surface area contributed by atoms with Gasteiger partial charge in [-0.25, -0.2) is 0 Å². The van der Waals surface area contributed by atoms with Crippen molar-refractivity contribution in [3.63, 3.8) is 0 Å². The molecule has 1 amide bonds. The Balaban J connectivity index is 3.28. The quantitative estimate of drug-likeness (QED) is 0.567. The molecule has 0 fully saturated rings. The highest BCUT2D eigenvalue weighted by molar-refractivity contribution is 5.73. The average Bonchev–Trinajstić information content (AvgIpc) is 1.83. The van der Waals surface area contributed by atoms with Gasteiger partial charge in [-0.3, -0.25) is 4.79 Å². The summed E-state index contributed by atoms with van der Waals surface area (Å²) in [6.07, 6.45) is 2.12. The lowest BCUT2D eigenvalue weighted by Gasteiger charge is -1.96. The van der Waals surface area contributed by atoms with Crippen molar-refractivity contribution < 1.29 is 4.79 Å². The Bertz CT molecular complexity index is 118. The van der Waals surface area contributed by atoms with Gasteiger partial charge in [0, 0.05) is 6.42 Å². The van der Waals surface area contributed by atoms with Crippen molar-refractivity contribution in [3.8, 4) is 0 Å². The summed E-state index contributed by atoms with van der Waals surface area (Å²) in [6, 6.07) is 0. The van der Waals surface area contributed by atoms with E-state index < -0.39 is 0 Å². The van der Waals surface area contributed by atoms with Gasteiger partial charge in [0.1, 0.15) is 0 Å². The van der Waals surface area contributed by atoms with Crippen LogP contribution in [0.2, 0.25) is 0 Å². The molecule has 0 aromatic rings. The number of rotatable bonds is 4. The summed E-state index contributed by atoms with van der Waals surface area (Å²) >= 11 is 0. The third kappa shape index (κ3) is 5.07. The van der Waals surface area contributed by atoms with Crippen LogP contribution in [0.15, 0.2) is 12.2 Å². The van der Waals surface area contributed by atoms with Gasteiger partial charge in [0.25, 0.3) is 0 Å². The van der Waals surface area contributed by atoms with Crippen LogP contribution < -0.4 is 5.73 Å². The molecule has 2 heteroatoms. The molecule has 2 nitrogen and oxygen atoms in total.